The van der Waals surface area contributed by atoms with Crippen LogP contribution in [0.15, 0.2) is 22.7 Å². The summed E-state index contributed by atoms with van der Waals surface area (Å²) in [5.74, 6) is -2.30. The minimum atomic E-state index is -0.920. The van der Waals surface area contributed by atoms with Gasteiger partial charge >= 0.3 is 11.8 Å². The summed E-state index contributed by atoms with van der Waals surface area (Å²) in [7, 11) is 0. The Kier molecular flexibility index (Phi) is 4.61. The quantitative estimate of drug-likeness (QED) is 0.546. The largest absolute Gasteiger partial charge is 0.345 e. The van der Waals surface area contributed by atoms with E-state index in [2.05, 4.69) is 26.7 Å². The van der Waals surface area contributed by atoms with E-state index in [9.17, 15) is 14.4 Å². The van der Waals surface area contributed by atoms with E-state index in [1.165, 1.54) is 6.07 Å². The highest BCUT2D eigenvalue weighted by Gasteiger charge is 2.26. The van der Waals surface area contributed by atoms with E-state index in [4.69, 9.17) is 11.6 Å². The molecule has 0 aliphatic heterocycles. The van der Waals surface area contributed by atoms with Crippen LogP contribution in [0.3, 0.4) is 0 Å². The first-order valence-corrected chi connectivity index (χ1v) is 7.00. The van der Waals surface area contributed by atoms with Crippen LogP contribution in [-0.2, 0) is 9.59 Å². The Morgan fingerprint density at radius 2 is 1.85 bits per heavy atom. The van der Waals surface area contributed by atoms with Gasteiger partial charge < -0.3 is 5.32 Å². The highest BCUT2D eigenvalue weighted by molar-refractivity contribution is 9.10. The Labute approximate surface area is 128 Å². The molecule has 1 fully saturated rings. The average Bonchev–Trinajstić information content (AvgIpc) is 3.22. The first kappa shape index (κ1) is 14.8. The van der Waals surface area contributed by atoms with Crippen LogP contribution in [0.4, 0.5) is 0 Å². The first-order valence-electron chi connectivity index (χ1n) is 5.83. The zero-order chi connectivity index (χ0) is 14.7. The van der Waals surface area contributed by atoms with E-state index in [0.717, 1.165) is 12.8 Å². The van der Waals surface area contributed by atoms with Crippen LogP contribution in [0.1, 0.15) is 23.2 Å². The van der Waals surface area contributed by atoms with Crippen molar-refractivity contribution in [1.29, 1.82) is 0 Å². The van der Waals surface area contributed by atoms with Gasteiger partial charge in [0.05, 0.1) is 10.6 Å². The molecule has 1 aliphatic carbocycles. The number of carbonyl (C=O) groups excluding carboxylic acids is 3. The maximum absolute atomic E-state index is 11.8. The Balaban J connectivity index is 1.89. The summed E-state index contributed by atoms with van der Waals surface area (Å²) in [5.41, 5.74) is 4.36. The molecule has 0 atom stereocenters. The van der Waals surface area contributed by atoms with Gasteiger partial charge in [-0.2, -0.15) is 0 Å². The van der Waals surface area contributed by atoms with Crippen LogP contribution in [0, 0.1) is 0 Å². The second-order valence-corrected chi connectivity index (χ2v) is 5.60. The normalized spacial score (nSPS) is 13.5. The van der Waals surface area contributed by atoms with Gasteiger partial charge in [0.2, 0.25) is 0 Å². The Hall–Kier alpha value is -1.60. The lowest BCUT2D eigenvalue weighted by Crippen LogP contribution is -2.49. The van der Waals surface area contributed by atoms with Gasteiger partial charge in [0.15, 0.2) is 0 Å². The smallest absolute Gasteiger partial charge is 0.327 e. The second-order valence-electron chi connectivity index (χ2n) is 4.28. The fourth-order valence-corrected chi connectivity index (χ4v) is 1.95. The summed E-state index contributed by atoms with van der Waals surface area (Å²) in [6, 6.07) is 4.81. The maximum Gasteiger partial charge on any atom is 0.327 e. The molecule has 0 bridgehead atoms. The van der Waals surface area contributed by atoms with Crippen molar-refractivity contribution in [3.8, 4) is 0 Å². The van der Waals surface area contributed by atoms with E-state index < -0.39 is 17.7 Å². The minimum Gasteiger partial charge on any atom is -0.345 e. The van der Waals surface area contributed by atoms with Crippen molar-refractivity contribution in [2.75, 3.05) is 0 Å². The van der Waals surface area contributed by atoms with E-state index in [1.807, 2.05) is 5.43 Å². The SMILES string of the molecule is O=C(NNC(=O)c1cc(Br)ccc1Cl)C(=O)NC1CC1. The average molecular weight is 361 g/mol. The van der Waals surface area contributed by atoms with Gasteiger partial charge in [-0.1, -0.05) is 27.5 Å². The topological polar surface area (TPSA) is 87.3 Å². The minimum absolute atomic E-state index is 0.0727. The number of halogens is 2. The monoisotopic (exact) mass is 359 g/mol. The fraction of sp³-hybridized carbons (Fsp3) is 0.250. The van der Waals surface area contributed by atoms with Gasteiger partial charge in [0, 0.05) is 10.5 Å². The van der Waals surface area contributed by atoms with Crippen molar-refractivity contribution in [3.63, 3.8) is 0 Å². The lowest BCUT2D eigenvalue weighted by atomic mass is 10.2. The molecule has 1 aromatic rings. The van der Waals surface area contributed by atoms with Gasteiger partial charge in [0.25, 0.3) is 5.91 Å². The second kappa shape index (κ2) is 6.23. The summed E-state index contributed by atoms with van der Waals surface area (Å²) < 4.78 is 0.671. The first-order chi connectivity index (χ1) is 9.47. The molecule has 0 unspecified atom stereocenters. The zero-order valence-electron chi connectivity index (χ0n) is 10.2. The molecule has 0 spiro atoms. The van der Waals surface area contributed by atoms with Crippen molar-refractivity contribution >= 4 is 45.3 Å². The Bertz CT molecular complexity index is 575. The van der Waals surface area contributed by atoms with Crippen molar-refractivity contribution in [2.24, 2.45) is 0 Å². The molecule has 0 radical (unpaired) electrons. The van der Waals surface area contributed by atoms with Crippen molar-refractivity contribution in [3.05, 3.63) is 33.3 Å². The highest BCUT2D eigenvalue weighted by Crippen LogP contribution is 2.20. The highest BCUT2D eigenvalue weighted by atomic mass is 79.9. The van der Waals surface area contributed by atoms with Crippen molar-refractivity contribution in [1.82, 2.24) is 16.2 Å². The number of amides is 3. The molecular weight excluding hydrogens is 350 g/mol. The number of hydrogen-bond donors (Lipinski definition) is 3. The van der Waals surface area contributed by atoms with Gasteiger partial charge in [0.1, 0.15) is 0 Å². The van der Waals surface area contributed by atoms with Gasteiger partial charge in [-0.3, -0.25) is 25.2 Å². The third-order valence-corrected chi connectivity index (χ3v) is 3.40. The molecule has 106 valence electrons. The number of benzene rings is 1. The molecule has 0 aromatic heterocycles. The molecule has 3 N–H and O–H groups in total. The Morgan fingerprint density at radius 3 is 2.50 bits per heavy atom. The van der Waals surface area contributed by atoms with Crippen LogP contribution in [0.5, 0.6) is 0 Å². The predicted octanol–water partition coefficient (Wildman–Crippen LogP) is 1.14. The third-order valence-electron chi connectivity index (χ3n) is 2.58. The molecule has 2 rings (SSSR count). The number of hydrazine groups is 1. The Morgan fingerprint density at radius 1 is 1.15 bits per heavy atom. The van der Waals surface area contributed by atoms with Crippen LogP contribution in [0.2, 0.25) is 5.02 Å². The molecular formula is C12H11BrClN3O3. The van der Waals surface area contributed by atoms with Gasteiger partial charge in [-0.05, 0) is 31.0 Å². The summed E-state index contributed by atoms with van der Waals surface area (Å²) >= 11 is 9.08. The molecule has 20 heavy (non-hydrogen) atoms. The van der Waals surface area contributed by atoms with Crippen molar-refractivity contribution in [2.45, 2.75) is 18.9 Å². The molecule has 1 aliphatic rings. The molecule has 1 saturated carbocycles. The van der Waals surface area contributed by atoms with Crippen LogP contribution < -0.4 is 16.2 Å². The van der Waals surface area contributed by atoms with E-state index >= 15 is 0 Å². The molecule has 8 heteroatoms. The molecule has 1 aromatic carbocycles. The lowest BCUT2D eigenvalue weighted by Gasteiger charge is -2.08. The number of carbonyl (C=O) groups is 3. The van der Waals surface area contributed by atoms with E-state index in [-0.39, 0.29) is 16.6 Å². The maximum atomic E-state index is 11.8. The summed E-state index contributed by atoms with van der Waals surface area (Å²) in [6.07, 6.45) is 1.75. The number of hydrogen-bond acceptors (Lipinski definition) is 3. The van der Waals surface area contributed by atoms with Gasteiger partial charge in [-0.15, -0.1) is 0 Å². The van der Waals surface area contributed by atoms with Crippen LogP contribution >= 0.6 is 27.5 Å². The summed E-state index contributed by atoms with van der Waals surface area (Å²) in [5, 5.41) is 2.74. The lowest BCUT2D eigenvalue weighted by molar-refractivity contribution is -0.139. The molecule has 6 nitrogen and oxygen atoms in total. The standard InChI is InChI=1S/C12H11BrClN3O3/c13-6-1-4-9(14)8(5-6)10(18)16-17-12(20)11(19)15-7-2-3-7/h1,4-5,7H,2-3H2,(H,15,19)(H,16,18)(H,17,20). The van der Waals surface area contributed by atoms with E-state index in [0.29, 0.717) is 4.47 Å². The van der Waals surface area contributed by atoms with Crippen molar-refractivity contribution < 1.29 is 14.4 Å². The van der Waals surface area contributed by atoms with Crippen LogP contribution in [0.25, 0.3) is 0 Å². The zero-order valence-corrected chi connectivity index (χ0v) is 12.5. The predicted molar refractivity (Wildman–Crippen MR) is 75.9 cm³/mol. The van der Waals surface area contributed by atoms with Gasteiger partial charge in [-0.25, -0.2) is 0 Å². The number of rotatable bonds is 2. The molecule has 0 heterocycles. The van der Waals surface area contributed by atoms with Crippen LogP contribution in [-0.4, -0.2) is 23.8 Å². The molecule has 3 amide bonds. The summed E-state index contributed by atoms with van der Waals surface area (Å²) in [4.78, 5) is 34.6. The van der Waals surface area contributed by atoms with E-state index in [1.54, 1.807) is 12.1 Å². The fourth-order valence-electron chi connectivity index (χ4n) is 1.39. The third kappa shape index (κ3) is 3.94. The molecule has 0 saturated heterocycles. The summed E-state index contributed by atoms with van der Waals surface area (Å²) in [6.45, 7) is 0. The number of nitrogens with one attached hydrogen (secondary N) is 3.